The summed E-state index contributed by atoms with van der Waals surface area (Å²) in [6.07, 6.45) is 3.21. The maximum atomic E-state index is 5.65. The van der Waals surface area contributed by atoms with E-state index >= 15 is 0 Å². The van der Waals surface area contributed by atoms with Gasteiger partial charge in [-0.05, 0) is 67.3 Å². The molecule has 3 aromatic rings. The number of benzene rings is 2. The van der Waals surface area contributed by atoms with E-state index in [1.165, 1.54) is 27.7 Å². The Hall–Kier alpha value is -1.10. The fourth-order valence-corrected chi connectivity index (χ4v) is 3.41. The predicted octanol–water partition coefficient (Wildman–Crippen LogP) is 5.64. The number of unbranched alkanes of at least 4 members (excludes halogenated alkanes) is 1. The molecule has 0 amide bonds. The van der Waals surface area contributed by atoms with Crippen LogP contribution in [-0.2, 0) is 6.42 Å². The molecule has 0 saturated carbocycles. The number of aryl methyl sites for hydroxylation is 1. The number of hydrogen-bond donors (Lipinski definition) is 2. The molecule has 3 rings (SSSR count). The minimum Gasteiger partial charge on any atom is -0.354 e. The van der Waals surface area contributed by atoms with Crippen molar-refractivity contribution in [2.45, 2.75) is 19.3 Å². The van der Waals surface area contributed by atoms with Gasteiger partial charge in [0.2, 0.25) is 0 Å². The second kappa shape index (κ2) is 6.99. The molecule has 0 spiro atoms. The number of aromatic nitrogens is 1. The molecule has 2 nitrogen and oxygen atoms in total. The van der Waals surface area contributed by atoms with Crippen molar-refractivity contribution in [1.82, 2.24) is 4.98 Å². The molecule has 2 aromatic carbocycles. The van der Waals surface area contributed by atoms with Crippen LogP contribution in [0.25, 0.3) is 22.2 Å². The molecule has 22 heavy (non-hydrogen) atoms. The number of aromatic amines is 1. The zero-order valence-electron chi connectivity index (χ0n) is 12.2. The van der Waals surface area contributed by atoms with Gasteiger partial charge in [-0.15, -0.1) is 0 Å². The number of halogens is 2. The van der Waals surface area contributed by atoms with Gasteiger partial charge >= 0.3 is 0 Å². The summed E-state index contributed by atoms with van der Waals surface area (Å²) >= 11 is 7.09. The first-order valence-corrected chi connectivity index (χ1v) is 9.04. The van der Waals surface area contributed by atoms with Gasteiger partial charge in [0.15, 0.2) is 0 Å². The summed E-state index contributed by atoms with van der Waals surface area (Å²) in [5.41, 5.74) is 10.7. The van der Waals surface area contributed by atoms with Crippen LogP contribution in [0.3, 0.4) is 0 Å². The Morgan fingerprint density at radius 2 is 1.64 bits per heavy atom. The summed E-state index contributed by atoms with van der Waals surface area (Å²) < 4.78 is 2.21. The Labute approximate surface area is 147 Å². The average molecular weight is 422 g/mol. The molecular formula is C18H18Br2N2. The summed E-state index contributed by atoms with van der Waals surface area (Å²) in [6, 6.07) is 14.9. The van der Waals surface area contributed by atoms with Crippen molar-refractivity contribution in [3.8, 4) is 11.3 Å². The first-order valence-electron chi connectivity index (χ1n) is 7.45. The van der Waals surface area contributed by atoms with E-state index in [4.69, 9.17) is 5.73 Å². The third-order valence-electron chi connectivity index (χ3n) is 3.88. The number of fused-ring (bicyclic) bond motifs is 1. The first-order chi connectivity index (χ1) is 10.7. The van der Waals surface area contributed by atoms with Crippen molar-refractivity contribution >= 4 is 42.8 Å². The van der Waals surface area contributed by atoms with Crippen LogP contribution in [0, 0.1) is 0 Å². The maximum absolute atomic E-state index is 5.65. The van der Waals surface area contributed by atoms with Crippen LogP contribution in [0.1, 0.15) is 18.4 Å². The highest BCUT2D eigenvalue weighted by Crippen LogP contribution is 2.33. The van der Waals surface area contributed by atoms with Crippen LogP contribution in [0.15, 0.2) is 51.4 Å². The average Bonchev–Trinajstić information content (AvgIpc) is 2.86. The van der Waals surface area contributed by atoms with E-state index in [0.29, 0.717) is 0 Å². The van der Waals surface area contributed by atoms with Crippen LogP contribution in [0.2, 0.25) is 0 Å². The molecule has 0 aliphatic carbocycles. The van der Waals surface area contributed by atoms with Gasteiger partial charge in [0.25, 0.3) is 0 Å². The Balaban J connectivity index is 2.10. The van der Waals surface area contributed by atoms with Crippen LogP contribution in [-0.4, -0.2) is 11.5 Å². The van der Waals surface area contributed by atoms with E-state index in [0.717, 1.165) is 34.8 Å². The lowest BCUT2D eigenvalue weighted by molar-refractivity contribution is 0.748. The monoisotopic (exact) mass is 420 g/mol. The molecule has 114 valence electrons. The summed E-state index contributed by atoms with van der Waals surface area (Å²) in [6.45, 7) is 0.750. The predicted molar refractivity (Wildman–Crippen MR) is 101 cm³/mol. The van der Waals surface area contributed by atoms with E-state index < -0.39 is 0 Å². The second-order valence-electron chi connectivity index (χ2n) is 5.42. The highest BCUT2D eigenvalue weighted by molar-refractivity contribution is 9.10. The quantitative estimate of drug-likeness (QED) is 0.514. The Bertz CT molecular complexity index is 776. The number of H-pyrrole nitrogens is 1. The lowest BCUT2D eigenvalue weighted by Gasteiger charge is -2.05. The topological polar surface area (TPSA) is 41.8 Å². The van der Waals surface area contributed by atoms with Crippen LogP contribution < -0.4 is 5.73 Å². The van der Waals surface area contributed by atoms with Gasteiger partial charge in [0.1, 0.15) is 0 Å². The normalized spacial score (nSPS) is 11.2. The SMILES string of the molecule is NCCCCc1c(-c2ccc(Br)cc2)[nH]c2ccc(Br)cc12. The highest BCUT2D eigenvalue weighted by atomic mass is 79.9. The Morgan fingerprint density at radius 3 is 2.36 bits per heavy atom. The van der Waals surface area contributed by atoms with E-state index in [1.54, 1.807) is 0 Å². The van der Waals surface area contributed by atoms with Gasteiger partial charge in [0, 0.05) is 25.5 Å². The molecule has 0 aliphatic rings. The van der Waals surface area contributed by atoms with E-state index in [2.05, 4.69) is 79.3 Å². The number of nitrogens with one attached hydrogen (secondary N) is 1. The molecule has 3 N–H and O–H groups in total. The number of rotatable bonds is 5. The highest BCUT2D eigenvalue weighted by Gasteiger charge is 2.13. The number of hydrogen-bond acceptors (Lipinski definition) is 1. The van der Waals surface area contributed by atoms with Gasteiger partial charge in [0.05, 0.1) is 0 Å². The zero-order valence-corrected chi connectivity index (χ0v) is 15.4. The zero-order chi connectivity index (χ0) is 15.5. The van der Waals surface area contributed by atoms with Crippen LogP contribution in [0.5, 0.6) is 0 Å². The molecular weight excluding hydrogens is 404 g/mol. The van der Waals surface area contributed by atoms with Crippen molar-refractivity contribution in [3.63, 3.8) is 0 Å². The standard InChI is InChI=1S/C18H18Br2N2/c19-13-6-4-12(5-7-13)18-15(3-1-2-10-21)16-11-14(20)8-9-17(16)22-18/h4-9,11,22H,1-3,10,21H2. The Morgan fingerprint density at radius 1 is 0.909 bits per heavy atom. The summed E-state index contributed by atoms with van der Waals surface area (Å²) in [7, 11) is 0. The first kappa shape index (κ1) is 15.8. The third-order valence-corrected chi connectivity index (χ3v) is 4.90. The third kappa shape index (κ3) is 3.29. The van der Waals surface area contributed by atoms with Crippen molar-refractivity contribution in [2.24, 2.45) is 5.73 Å². The fraction of sp³-hybridized carbons (Fsp3) is 0.222. The largest absolute Gasteiger partial charge is 0.354 e. The van der Waals surface area contributed by atoms with E-state index in [9.17, 15) is 0 Å². The van der Waals surface area contributed by atoms with Gasteiger partial charge in [-0.25, -0.2) is 0 Å². The van der Waals surface area contributed by atoms with Crippen LogP contribution in [0.4, 0.5) is 0 Å². The second-order valence-corrected chi connectivity index (χ2v) is 7.25. The van der Waals surface area contributed by atoms with Crippen LogP contribution >= 0.6 is 31.9 Å². The minimum absolute atomic E-state index is 0.750. The molecule has 0 saturated heterocycles. The Kier molecular flexibility index (Phi) is 5.01. The van der Waals surface area contributed by atoms with Gasteiger partial charge in [-0.3, -0.25) is 0 Å². The van der Waals surface area contributed by atoms with E-state index in [-0.39, 0.29) is 0 Å². The lowest BCUT2D eigenvalue weighted by atomic mass is 10.0. The molecule has 0 aliphatic heterocycles. The van der Waals surface area contributed by atoms with Crippen molar-refractivity contribution < 1.29 is 0 Å². The molecule has 1 aromatic heterocycles. The fourth-order valence-electron chi connectivity index (χ4n) is 2.79. The molecule has 1 heterocycles. The smallest absolute Gasteiger partial charge is 0.0497 e. The number of nitrogens with two attached hydrogens (primary N) is 1. The maximum Gasteiger partial charge on any atom is 0.0497 e. The summed E-state index contributed by atoms with van der Waals surface area (Å²) in [5.74, 6) is 0. The lowest BCUT2D eigenvalue weighted by Crippen LogP contribution is -1.99. The molecule has 0 radical (unpaired) electrons. The van der Waals surface area contributed by atoms with Crippen molar-refractivity contribution in [3.05, 3.63) is 57.0 Å². The molecule has 0 unspecified atom stereocenters. The molecule has 4 heteroatoms. The van der Waals surface area contributed by atoms with Crippen molar-refractivity contribution in [2.75, 3.05) is 6.54 Å². The van der Waals surface area contributed by atoms with Gasteiger partial charge in [-0.2, -0.15) is 0 Å². The molecule has 0 fully saturated rings. The molecule has 0 atom stereocenters. The van der Waals surface area contributed by atoms with Gasteiger partial charge in [-0.1, -0.05) is 44.0 Å². The molecule has 0 bridgehead atoms. The van der Waals surface area contributed by atoms with E-state index in [1.807, 2.05) is 0 Å². The van der Waals surface area contributed by atoms with Gasteiger partial charge < -0.3 is 10.7 Å². The summed E-state index contributed by atoms with van der Waals surface area (Å²) in [5, 5.41) is 1.30. The minimum atomic E-state index is 0.750. The summed E-state index contributed by atoms with van der Waals surface area (Å²) in [4.78, 5) is 3.59. The van der Waals surface area contributed by atoms with Crippen molar-refractivity contribution in [1.29, 1.82) is 0 Å².